The number of carbonyl (C=O) groups is 2. The Hall–Kier alpha value is -2.47. The predicted octanol–water partition coefficient (Wildman–Crippen LogP) is 7.17. The molecule has 0 aliphatic heterocycles. The molecule has 3 aromatic rings. The van der Waals surface area contributed by atoms with Gasteiger partial charge in [0.05, 0.1) is 10.0 Å². The van der Waals surface area contributed by atoms with E-state index in [1.54, 1.807) is 28.8 Å². The first-order valence-electron chi connectivity index (χ1n) is 12.7. The Kier molecular flexibility index (Phi) is 10.4. The lowest BCUT2D eigenvalue weighted by Gasteiger charge is -2.32. The fourth-order valence-electron chi connectivity index (χ4n) is 4.67. The standard InChI is InChI=1S/C30H32Cl2N2O2S/c31-26-16-15-23(19-27(26)32)21-34(29(35)17-18-37-25-13-5-2-6-14-25)28(20-22-9-3-1-4-10-22)30(36)33-24-11-7-8-12-24/h1-6,9-10,13-16,19,24,28H,7-8,11-12,17-18,20-21H2,(H,33,36)/t28-/m1/s1. The molecule has 4 rings (SSSR count). The molecule has 0 unspecified atom stereocenters. The number of amides is 2. The molecule has 1 aliphatic carbocycles. The van der Waals surface area contributed by atoms with Crippen molar-refractivity contribution in [2.75, 3.05) is 5.75 Å². The van der Waals surface area contributed by atoms with Gasteiger partial charge >= 0.3 is 0 Å². The first kappa shape index (κ1) is 27.6. The van der Waals surface area contributed by atoms with Crippen molar-refractivity contribution in [1.29, 1.82) is 0 Å². The summed E-state index contributed by atoms with van der Waals surface area (Å²) in [7, 11) is 0. The smallest absolute Gasteiger partial charge is 0.243 e. The minimum Gasteiger partial charge on any atom is -0.352 e. The first-order valence-corrected chi connectivity index (χ1v) is 14.5. The molecule has 2 amide bonds. The zero-order valence-corrected chi connectivity index (χ0v) is 23.1. The van der Waals surface area contributed by atoms with Crippen LogP contribution in [-0.2, 0) is 22.6 Å². The third-order valence-corrected chi connectivity index (χ3v) is 8.39. The van der Waals surface area contributed by atoms with Crippen LogP contribution in [0.1, 0.15) is 43.2 Å². The number of benzene rings is 3. The van der Waals surface area contributed by atoms with Crippen molar-refractivity contribution in [1.82, 2.24) is 10.2 Å². The highest BCUT2D eigenvalue weighted by Gasteiger charge is 2.32. The third kappa shape index (κ3) is 8.26. The Bertz CT molecular complexity index is 1170. The van der Waals surface area contributed by atoms with Crippen molar-refractivity contribution in [2.45, 2.75) is 62.0 Å². The molecule has 194 valence electrons. The molecule has 0 radical (unpaired) electrons. The van der Waals surface area contributed by atoms with Gasteiger partial charge in [0.15, 0.2) is 0 Å². The first-order chi connectivity index (χ1) is 18.0. The van der Waals surface area contributed by atoms with Gasteiger partial charge in [-0.2, -0.15) is 0 Å². The van der Waals surface area contributed by atoms with Crippen molar-refractivity contribution < 1.29 is 9.59 Å². The maximum absolute atomic E-state index is 13.7. The van der Waals surface area contributed by atoms with Crippen molar-refractivity contribution in [2.24, 2.45) is 0 Å². The summed E-state index contributed by atoms with van der Waals surface area (Å²) in [5, 5.41) is 4.13. The van der Waals surface area contributed by atoms with E-state index in [9.17, 15) is 9.59 Å². The summed E-state index contributed by atoms with van der Waals surface area (Å²) in [5.74, 6) is 0.472. The van der Waals surface area contributed by atoms with Crippen LogP contribution in [0.25, 0.3) is 0 Å². The van der Waals surface area contributed by atoms with Gasteiger partial charge in [0.1, 0.15) is 6.04 Å². The van der Waals surface area contributed by atoms with Crippen LogP contribution in [0.2, 0.25) is 10.0 Å². The molecule has 0 saturated heterocycles. The van der Waals surface area contributed by atoms with E-state index in [4.69, 9.17) is 23.2 Å². The van der Waals surface area contributed by atoms with Crippen LogP contribution in [0.15, 0.2) is 83.8 Å². The molecule has 37 heavy (non-hydrogen) atoms. The summed E-state index contributed by atoms with van der Waals surface area (Å²) in [6.07, 6.45) is 4.98. The monoisotopic (exact) mass is 554 g/mol. The lowest BCUT2D eigenvalue weighted by atomic mass is 10.0. The van der Waals surface area contributed by atoms with Crippen LogP contribution in [0.4, 0.5) is 0 Å². The minimum absolute atomic E-state index is 0.0583. The van der Waals surface area contributed by atoms with Crippen LogP contribution >= 0.6 is 35.0 Å². The molecule has 0 aromatic heterocycles. The molecule has 4 nitrogen and oxygen atoms in total. The molecular formula is C30H32Cl2N2O2S. The Labute approximate surface area is 233 Å². The maximum atomic E-state index is 13.7. The summed E-state index contributed by atoms with van der Waals surface area (Å²) >= 11 is 14.1. The SMILES string of the molecule is O=C(NC1CCCC1)[C@@H](Cc1ccccc1)N(Cc1ccc(Cl)c(Cl)c1)C(=O)CCSc1ccccc1. The van der Waals surface area contributed by atoms with Crippen LogP contribution in [0.3, 0.4) is 0 Å². The fraction of sp³-hybridized carbons (Fsp3) is 0.333. The molecule has 0 bridgehead atoms. The number of nitrogens with zero attached hydrogens (tertiary/aromatic N) is 1. The molecule has 1 saturated carbocycles. The van der Waals surface area contributed by atoms with Crippen LogP contribution in [0.5, 0.6) is 0 Å². The summed E-state index contributed by atoms with van der Waals surface area (Å²) in [6, 6.07) is 24.8. The zero-order chi connectivity index (χ0) is 26.0. The third-order valence-electron chi connectivity index (χ3n) is 6.64. The molecule has 1 fully saturated rings. The molecule has 1 atom stereocenters. The number of rotatable bonds is 11. The van der Waals surface area contributed by atoms with Gasteiger partial charge in [-0.05, 0) is 48.2 Å². The summed E-state index contributed by atoms with van der Waals surface area (Å²) < 4.78 is 0. The van der Waals surface area contributed by atoms with Crippen molar-refractivity contribution in [3.8, 4) is 0 Å². The van der Waals surface area contributed by atoms with Gasteiger partial charge in [0.2, 0.25) is 11.8 Å². The number of halogens is 2. The highest BCUT2D eigenvalue weighted by molar-refractivity contribution is 7.99. The summed E-state index contributed by atoms with van der Waals surface area (Å²) in [4.78, 5) is 30.3. The number of hydrogen-bond donors (Lipinski definition) is 1. The van der Waals surface area contributed by atoms with Gasteiger partial charge in [-0.3, -0.25) is 9.59 Å². The Balaban J connectivity index is 1.58. The van der Waals surface area contributed by atoms with E-state index in [-0.39, 0.29) is 24.4 Å². The second-order valence-electron chi connectivity index (χ2n) is 9.38. The van der Waals surface area contributed by atoms with Crippen LogP contribution in [-0.4, -0.2) is 34.6 Å². The predicted molar refractivity (Wildman–Crippen MR) is 153 cm³/mol. The van der Waals surface area contributed by atoms with Gasteiger partial charge in [0.25, 0.3) is 0 Å². The molecule has 1 aliphatic rings. The average molecular weight is 556 g/mol. The van der Waals surface area contributed by atoms with Crippen molar-refractivity contribution >= 4 is 46.8 Å². The van der Waals surface area contributed by atoms with E-state index in [1.807, 2.05) is 66.7 Å². The average Bonchev–Trinajstić information content (AvgIpc) is 3.42. The highest BCUT2D eigenvalue weighted by atomic mass is 35.5. The van der Waals surface area contributed by atoms with Gasteiger partial charge < -0.3 is 10.2 Å². The van der Waals surface area contributed by atoms with E-state index < -0.39 is 6.04 Å². The largest absolute Gasteiger partial charge is 0.352 e. The van der Waals surface area contributed by atoms with Gasteiger partial charge in [-0.1, -0.05) is 90.6 Å². The zero-order valence-electron chi connectivity index (χ0n) is 20.7. The molecule has 7 heteroatoms. The maximum Gasteiger partial charge on any atom is 0.243 e. The molecule has 0 heterocycles. The molecule has 0 spiro atoms. The van der Waals surface area contributed by atoms with Crippen LogP contribution < -0.4 is 5.32 Å². The van der Waals surface area contributed by atoms with Crippen molar-refractivity contribution in [3.05, 3.63) is 100 Å². The minimum atomic E-state index is -0.633. The Morgan fingerprint density at radius 2 is 1.57 bits per heavy atom. The highest BCUT2D eigenvalue weighted by Crippen LogP contribution is 2.26. The molecule has 3 aromatic carbocycles. The second kappa shape index (κ2) is 13.9. The van der Waals surface area contributed by atoms with Gasteiger partial charge in [0, 0.05) is 36.1 Å². The van der Waals surface area contributed by atoms with Crippen LogP contribution in [0, 0.1) is 0 Å². The van der Waals surface area contributed by atoms with Gasteiger partial charge in [-0.15, -0.1) is 11.8 Å². The quantitative estimate of drug-likeness (QED) is 0.255. The number of hydrogen-bond acceptors (Lipinski definition) is 3. The number of carbonyl (C=O) groups excluding carboxylic acids is 2. The second-order valence-corrected chi connectivity index (χ2v) is 11.4. The number of thioether (sulfide) groups is 1. The fourth-order valence-corrected chi connectivity index (χ4v) is 5.86. The molecular weight excluding hydrogens is 523 g/mol. The topological polar surface area (TPSA) is 49.4 Å². The normalized spacial score (nSPS) is 14.3. The number of nitrogens with one attached hydrogen (secondary N) is 1. The lowest BCUT2D eigenvalue weighted by molar-refractivity contribution is -0.141. The van der Waals surface area contributed by atoms with E-state index in [1.165, 1.54) is 0 Å². The Morgan fingerprint density at radius 3 is 2.24 bits per heavy atom. The van der Waals surface area contributed by atoms with Crippen molar-refractivity contribution in [3.63, 3.8) is 0 Å². The lowest BCUT2D eigenvalue weighted by Crippen LogP contribution is -2.52. The summed E-state index contributed by atoms with van der Waals surface area (Å²) in [5.41, 5.74) is 1.85. The van der Waals surface area contributed by atoms with E-state index >= 15 is 0 Å². The van der Waals surface area contributed by atoms with E-state index in [0.29, 0.717) is 28.6 Å². The Morgan fingerprint density at radius 1 is 0.892 bits per heavy atom. The van der Waals surface area contributed by atoms with E-state index in [0.717, 1.165) is 41.7 Å². The molecule has 1 N–H and O–H groups in total. The van der Waals surface area contributed by atoms with E-state index in [2.05, 4.69) is 5.32 Å². The van der Waals surface area contributed by atoms with Gasteiger partial charge in [-0.25, -0.2) is 0 Å². The summed E-state index contributed by atoms with van der Waals surface area (Å²) in [6.45, 7) is 0.279.